The van der Waals surface area contributed by atoms with Crippen molar-refractivity contribution in [1.82, 2.24) is 14.5 Å². The van der Waals surface area contributed by atoms with E-state index in [1.165, 1.54) is 44.1 Å². The van der Waals surface area contributed by atoms with E-state index in [9.17, 15) is 0 Å². The molecule has 1 radical (unpaired) electrons. The SMILES string of the molecule is CC(C)c1cc(-c2[c-]cccc2)ncc1[Si](C)(C)C.CCC1(CC)c2c[c-]c(-c3nc4ccccc4n3-c3ccc(-c4ccccc4)cc3)cc2-c2ccccc21.[Ir]. The van der Waals surface area contributed by atoms with Crippen LogP contribution in [0.25, 0.3) is 61.6 Å². The van der Waals surface area contributed by atoms with E-state index in [4.69, 9.17) is 4.98 Å². The second-order valence-electron chi connectivity index (χ2n) is 16.5. The Morgan fingerprint density at radius 3 is 2.03 bits per heavy atom. The quantitative estimate of drug-likeness (QED) is 0.112. The molecule has 8 aromatic rings. The summed E-state index contributed by atoms with van der Waals surface area (Å²) in [5.41, 5.74) is 15.7. The number of hydrogen-bond donors (Lipinski definition) is 0. The molecule has 5 heteroatoms. The number of para-hydroxylation sites is 2. The van der Waals surface area contributed by atoms with Gasteiger partial charge in [0.15, 0.2) is 0 Å². The van der Waals surface area contributed by atoms with Gasteiger partial charge in [0.1, 0.15) is 0 Å². The number of aromatic nitrogens is 3. The maximum atomic E-state index is 5.13. The van der Waals surface area contributed by atoms with Crippen molar-refractivity contribution in [2.45, 2.75) is 71.5 Å². The van der Waals surface area contributed by atoms with Crippen molar-refractivity contribution < 1.29 is 20.1 Å². The predicted octanol–water partition coefficient (Wildman–Crippen LogP) is 13.5. The van der Waals surface area contributed by atoms with Crippen LogP contribution in [0.2, 0.25) is 19.6 Å². The summed E-state index contributed by atoms with van der Waals surface area (Å²) in [7, 11) is -1.34. The van der Waals surface area contributed by atoms with Gasteiger partial charge in [0.2, 0.25) is 0 Å². The molecule has 293 valence electrons. The first-order chi connectivity index (χ1) is 27.6. The smallest absolute Gasteiger partial charge is 0.0799 e. The number of fused-ring (bicyclic) bond motifs is 4. The molecule has 0 fully saturated rings. The third-order valence-corrected chi connectivity index (χ3v) is 13.8. The second kappa shape index (κ2) is 17.0. The fourth-order valence-corrected chi connectivity index (χ4v) is 10.4. The van der Waals surface area contributed by atoms with Crippen LogP contribution in [0.5, 0.6) is 0 Å². The van der Waals surface area contributed by atoms with Crippen molar-refractivity contribution in [1.29, 1.82) is 0 Å². The minimum atomic E-state index is -1.34. The Labute approximate surface area is 359 Å². The van der Waals surface area contributed by atoms with E-state index >= 15 is 0 Å². The first-order valence-corrected chi connectivity index (χ1v) is 23.9. The second-order valence-corrected chi connectivity index (χ2v) is 21.6. The standard InChI is InChI=1S/C36H29N2.C17H22NSi.Ir/c1-3-36(4-2)31-15-9-8-14-29(31)30-24-27(20-23-32(30)36)35-37-33-16-10-11-17-34(33)38(35)28-21-18-26(19-22-28)25-12-6-5-7-13-25;1-13(2)15-11-16(14-9-7-6-8-10-14)18-12-17(15)19(3,4)5;/h5-19,21-24H,3-4H2,1-2H3;6-9,11-13H,1-5H3;/q2*-1;. The van der Waals surface area contributed by atoms with Crippen LogP contribution in [-0.4, -0.2) is 22.6 Å². The molecule has 0 bridgehead atoms. The molecule has 0 amide bonds. The van der Waals surface area contributed by atoms with Crippen LogP contribution in [0.1, 0.15) is 63.1 Å². The van der Waals surface area contributed by atoms with Gasteiger partial charge in [0.25, 0.3) is 0 Å². The van der Waals surface area contributed by atoms with Crippen LogP contribution in [0.3, 0.4) is 0 Å². The average molecular weight is 950 g/mol. The zero-order chi connectivity index (χ0) is 39.7. The molecule has 0 spiro atoms. The van der Waals surface area contributed by atoms with Crippen LogP contribution in [0, 0.1) is 12.1 Å². The van der Waals surface area contributed by atoms with Crippen LogP contribution >= 0.6 is 0 Å². The van der Waals surface area contributed by atoms with Crippen LogP contribution in [0.4, 0.5) is 0 Å². The summed E-state index contributed by atoms with van der Waals surface area (Å²) in [6.07, 6.45) is 4.25. The van der Waals surface area contributed by atoms with Gasteiger partial charge in [-0.2, -0.15) is 0 Å². The summed E-state index contributed by atoms with van der Waals surface area (Å²) in [5.74, 6) is 1.46. The van der Waals surface area contributed by atoms with E-state index in [2.05, 4.69) is 203 Å². The van der Waals surface area contributed by atoms with Gasteiger partial charge in [-0.25, -0.2) is 0 Å². The summed E-state index contributed by atoms with van der Waals surface area (Å²) < 4.78 is 2.27. The minimum Gasteiger partial charge on any atom is -0.333 e. The molecule has 58 heavy (non-hydrogen) atoms. The largest absolute Gasteiger partial charge is 0.333 e. The first kappa shape index (κ1) is 41.0. The van der Waals surface area contributed by atoms with Gasteiger partial charge in [-0.15, -0.1) is 65.2 Å². The monoisotopic (exact) mass is 950 g/mol. The van der Waals surface area contributed by atoms with Crippen molar-refractivity contribution in [2.75, 3.05) is 0 Å². The molecule has 0 unspecified atom stereocenters. The predicted molar refractivity (Wildman–Crippen MR) is 243 cm³/mol. The Hall–Kier alpha value is -5.19. The van der Waals surface area contributed by atoms with Crippen molar-refractivity contribution in [3.8, 4) is 50.6 Å². The maximum absolute atomic E-state index is 5.13. The Kier molecular flexibility index (Phi) is 12.0. The topological polar surface area (TPSA) is 30.7 Å². The summed E-state index contributed by atoms with van der Waals surface area (Å²) in [4.78, 5) is 9.79. The van der Waals surface area contributed by atoms with Crippen LogP contribution in [0.15, 0.2) is 152 Å². The van der Waals surface area contributed by atoms with Gasteiger partial charge >= 0.3 is 0 Å². The summed E-state index contributed by atoms with van der Waals surface area (Å²) in [6, 6.07) is 58.4. The van der Waals surface area contributed by atoms with Crippen molar-refractivity contribution >= 4 is 24.3 Å². The van der Waals surface area contributed by atoms with E-state index in [1.807, 2.05) is 18.2 Å². The zero-order valence-electron chi connectivity index (χ0n) is 34.6. The molecule has 6 aromatic carbocycles. The molecule has 1 aliphatic rings. The molecule has 0 saturated carbocycles. The Bertz CT molecular complexity index is 2650. The third-order valence-electron chi connectivity index (χ3n) is 11.8. The molecule has 9 rings (SSSR count). The number of nitrogens with zero attached hydrogens (tertiary/aromatic N) is 3. The van der Waals surface area contributed by atoms with E-state index in [0.29, 0.717) is 5.92 Å². The Morgan fingerprint density at radius 2 is 1.34 bits per heavy atom. The van der Waals surface area contributed by atoms with E-state index in [-0.39, 0.29) is 25.5 Å². The van der Waals surface area contributed by atoms with E-state index < -0.39 is 8.07 Å². The van der Waals surface area contributed by atoms with Crippen molar-refractivity contribution in [3.05, 3.63) is 181 Å². The molecule has 0 atom stereocenters. The maximum Gasteiger partial charge on any atom is 0.0799 e. The number of benzene rings is 6. The van der Waals surface area contributed by atoms with Gasteiger partial charge < -0.3 is 9.55 Å². The van der Waals surface area contributed by atoms with Gasteiger partial charge in [-0.1, -0.05) is 156 Å². The number of imidazole rings is 1. The van der Waals surface area contributed by atoms with Crippen LogP contribution in [-0.2, 0) is 25.5 Å². The Morgan fingerprint density at radius 1 is 0.672 bits per heavy atom. The van der Waals surface area contributed by atoms with Crippen molar-refractivity contribution in [3.63, 3.8) is 0 Å². The summed E-state index contributed by atoms with van der Waals surface area (Å²) >= 11 is 0. The minimum absolute atomic E-state index is 0. The molecular weight excluding hydrogens is 899 g/mol. The molecule has 0 saturated heterocycles. The van der Waals surface area contributed by atoms with Gasteiger partial charge in [0, 0.05) is 32.0 Å². The van der Waals surface area contributed by atoms with E-state index in [1.54, 1.807) is 0 Å². The van der Waals surface area contributed by atoms with Gasteiger partial charge in [0.05, 0.1) is 24.9 Å². The Balaban J connectivity index is 0.000000217. The molecular formula is C53H51IrN3Si-2. The van der Waals surface area contributed by atoms with Crippen LogP contribution < -0.4 is 5.19 Å². The molecule has 3 nitrogen and oxygen atoms in total. The summed E-state index contributed by atoms with van der Waals surface area (Å²) in [6.45, 7) is 16.3. The number of hydrogen-bond acceptors (Lipinski definition) is 2. The van der Waals surface area contributed by atoms with Gasteiger partial charge in [-0.3, -0.25) is 4.98 Å². The van der Waals surface area contributed by atoms with Gasteiger partial charge in [-0.05, 0) is 68.7 Å². The molecule has 2 heterocycles. The molecule has 0 aliphatic heterocycles. The number of pyridine rings is 1. The number of rotatable bonds is 8. The molecule has 2 aromatic heterocycles. The molecule has 0 N–H and O–H groups in total. The zero-order valence-corrected chi connectivity index (χ0v) is 38.0. The normalized spacial score (nSPS) is 12.7. The van der Waals surface area contributed by atoms with Crippen molar-refractivity contribution in [2.24, 2.45) is 0 Å². The fourth-order valence-electron chi connectivity index (χ4n) is 8.71. The fraction of sp³-hybridized carbons (Fsp3) is 0.208. The molecule has 1 aliphatic carbocycles. The average Bonchev–Trinajstić information content (AvgIpc) is 3.78. The third kappa shape index (κ3) is 7.60. The first-order valence-electron chi connectivity index (χ1n) is 20.4. The summed E-state index contributed by atoms with van der Waals surface area (Å²) in [5, 5.41) is 1.47. The van der Waals surface area contributed by atoms with E-state index in [0.717, 1.165) is 52.2 Å².